The van der Waals surface area contributed by atoms with Crippen LogP contribution in [0.3, 0.4) is 0 Å². The highest BCUT2D eigenvalue weighted by Crippen LogP contribution is 2.39. The highest BCUT2D eigenvalue weighted by Gasteiger charge is 2.50. The molecule has 0 bridgehead atoms. The average Bonchev–Trinajstić information content (AvgIpc) is 3.23. The highest BCUT2D eigenvalue weighted by molar-refractivity contribution is 5.82. The number of carbonyl (C=O) groups excluding carboxylic acids is 1. The molecule has 5 nitrogen and oxygen atoms in total. The van der Waals surface area contributed by atoms with Crippen molar-refractivity contribution in [2.75, 3.05) is 33.4 Å². The topological polar surface area (TPSA) is 64.8 Å². The lowest BCUT2D eigenvalue weighted by molar-refractivity contribution is -0.152. The van der Waals surface area contributed by atoms with Crippen LogP contribution in [-0.4, -0.2) is 55.9 Å². The first-order chi connectivity index (χ1) is 9.10. The van der Waals surface area contributed by atoms with Gasteiger partial charge in [-0.3, -0.25) is 4.90 Å². The number of nitrogens with two attached hydrogens (primary N) is 1. The van der Waals surface area contributed by atoms with E-state index in [1.807, 2.05) is 6.92 Å². The fourth-order valence-electron chi connectivity index (χ4n) is 2.94. The largest absolute Gasteiger partial charge is 0.465 e. The number of ether oxygens (including phenoxy) is 2. The summed E-state index contributed by atoms with van der Waals surface area (Å²) in [5, 5.41) is 0. The van der Waals surface area contributed by atoms with E-state index in [0.29, 0.717) is 13.2 Å². The number of nitrogens with zero attached hydrogens (tertiary/aromatic N) is 1. The maximum Gasteiger partial charge on any atom is 0.327 e. The number of likely N-dealkylation sites (tertiary alicyclic amines) is 1. The van der Waals surface area contributed by atoms with E-state index in [9.17, 15) is 4.79 Å². The van der Waals surface area contributed by atoms with Crippen molar-refractivity contribution in [1.82, 2.24) is 4.90 Å². The molecule has 2 atom stereocenters. The van der Waals surface area contributed by atoms with Gasteiger partial charge in [0.2, 0.25) is 0 Å². The van der Waals surface area contributed by atoms with Gasteiger partial charge in [0.1, 0.15) is 5.54 Å². The van der Waals surface area contributed by atoms with Crippen LogP contribution in [0, 0.1) is 5.92 Å². The van der Waals surface area contributed by atoms with Crippen LogP contribution < -0.4 is 5.73 Å². The average molecular weight is 270 g/mol. The molecule has 0 aromatic heterocycles. The minimum atomic E-state index is -0.828. The first-order valence-corrected chi connectivity index (χ1v) is 7.31. The first kappa shape index (κ1) is 14.8. The molecule has 1 heterocycles. The SMILES string of the molecule is CCOC(=O)C(N)(CN1CCCC(OC)C1)C1CC1. The minimum absolute atomic E-state index is 0.239. The number of piperidine rings is 1. The molecule has 2 aliphatic rings. The quantitative estimate of drug-likeness (QED) is 0.722. The van der Waals surface area contributed by atoms with E-state index in [2.05, 4.69) is 4.90 Å². The van der Waals surface area contributed by atoms with Gasteiger partial charge in [0.15, 0.2) is 0 Å². The molecule has 2 N–H and O–H groups in total. The van der Waals surface area contributed by atoms with Crippen LogP contribution in [0.4, 0.5) is 0 Å². The maximum atomic E-state index is 12.2. The smallest absolute Gasteiger partial charge is 0.327 e. The van der Waals surface area contributed by atoms with E-state index in [-0.39, 0.29) is 18.0 Å². The summed E-state index contributed by atoms with van der Waals surface area (Å²) < 4.78 is 10.6. The molecule has 19 heavy (non-hydrogen) atoms. The van der Waals surface area contributed by atoms with Gasteiger partial charge in [-0.15, -0.1) is 0 Å². The normalized spacial score (nSPS) is 27.8. The molecule has 2 rings (SSSR count). The predicted octanol–water partition coefficient (Wildman–Crippen LogP) is 0.768. The van der Waals surface area contributed by atoms with Crippen molar-refractivity contribution in [3.63, 3.8) is 0 Å². The Morgan fingerprint density at radius 3 is 2.74 bits per heavy atom. The van der Waals surface area contributed by atoms with Crippen molar-refractivity contribution >= 4 is 5.97 Å². The van der Waals surface area contributed by atoms with E-state index in [1.165, 1.54) is 0 Å². The summed E-state index contributed by atoms with van der Waals surface area (Å²) in [5.74, 6) is 0.0477. The van der Waals surface area contributed by atoms with E-state index in [1.54, 1.807) is 7.11 Å². The lowest BCUT2D eigenvalue weighted by Gasteiger charge is -2.37. The molecule has 1 saturated heterocycles. The Balaban J connectivity index is 1.98. The number of rotatable bonds is 6. The Bertz CT molecular complexity index is 320. The van der Waals surface area contributed by atoms with Crippen LogP contribution >= 0.6 is 0 Å². The summed E-state index contributed by atoms with van der Waals surface area (Å²) in [4.78, 5) is 14.4. The second-order valence-electron chi connectivity index (χ2n) is 5.77. The Hall–Kier alpha value is -0.650. The van der Waals surface area contributed by atoms with Gasteiger partial charge < -0.3 is 15.2 Å². The third-order valence-electron chi connectivity index (χ3n) is 4.24. The van der Waals surface area contributed by atoms with Crippen LogP contribution in [0.1, 0.15) is 32.6 Å². The summed E-state index contributed by atoms with van der Waals surface area (Å²) in [6.45, 7) is 4.67. The van der Waals surface area contributed by atoms with Crippen LogP contribution in [0.25, 0.3) is 0 Å². The summed E-state index contributed by atoms with van der Waals surface area (Å²) in [6.07, 6.45) is 4.53. The Kier molecular flexibility index (Phi) is 4.81. The maximum absolute atomic E-state index is 12.2. The summed E-state index contributed by atoms with van der Waals surface area (Å²) in [7, 11) is 1.75. The lowest BCUT2D eigenvalue weighted by atomic mass is 9.92. The molecule has 2 fully saturated rings. The monoisotopic (exact) mass is 270 g/mol. The van der Waals surface area contributed by atoms with E-state index in [4.69, 9.17) is 15.2 Å². The molecule has 2 unspecified atom stereocenters. The van der Waals surface area contributed by atoms with Gasteiger partial charge in [-0.2, -0.15) is 0 Å². The van der Waals surface area contributed by atoms with Crippen molar-refractivity contribution in [3.8, 4) is 0 Å². The Morgan fingerprint density at radius 1 is 1.42 bits per heavy atom. The van der Waals surface area contributed by atoms with Gasteiger partial charge >= 0.3 is 5.97 Å². The molecular formula is C14H26N2O3. The van der Waals surface area contributed by atoms with Crippen LogP contribution in [-0.2, 0) is 14.3 Å². The Labute approximate surface area is 115 Å². The van der Waals surface area contributed by atoms with Crippen molar-refractivity contribution < 1.29 is 14.3 Å². The van der Waals surface area contributed by atoms with Crippen LogP contribution in [0.2, 0.25) is 0 Å². The zero-order valence-corrected chi connectivity index (χ0v) is 12.1. The van der Waals surface area contributed by atoms with Crippen LogP contribution in [0.15, 0.2) is 0 Å². The zero-order valence-electron chi connectivity index (χ0n) is 12.1. The van der Waals surface area contributed by atoms with Crippen molar-refractivity contribution in [3.05, 3.63) is 0 Å². The second kappa shape index (κ2) is 6.20. The van der Waals surface area contributed by atoms with E-state index >= 15 is 0 Å². The Morgan fingerprint density at radius 2 is 2.16 bits per heavy atom. The van der Waals surface area contributed by atoms with Gasteiger partial charge in [-0.25, -0.2) is 4.79 Å². The summed E-state index contributed by atoms with van der Waals surface area (Å²) in [6, 6.07) is 0. The molecule has 0 aromatic rings. The molecule has 5 heteroatoms. The molecule has 1 saturated carbocycles. The van der Waals surface area contributed by atoms with E-state index in [0.717, 1.165) is 38.8 Å². The van der Waals surface area contributed by atoms with Gasteiger partial charge in [0.05, 0.1) is 12.7 Å². The van der Waals surface area contributed by atoms with Gasteiger partial charge in [-0.1, -0.05) is 0 Å². The molecule has 110 valence electrons. The number of esters is 1. The number of methoxy groups -OCH3 is 1. The second-order valence-corrected chi connectivity index (χ2v) is 5.77. The van der Waals surface area contributed by atoms with Crippen molar-refractivity contribution in [2.45, 2.75) is 44.2 Å². The fraction of sp³-hybridized carbons (Fsp3) is 0.929. The summed E-state index contributed by atoms with van der Waals surface area (Å²) in [5.41, 5.74) is 5.57. The standard InChI is InChI=1S/C14H26N2O3/c1-3-19-13(17)14(15,11-6-7-11)10-16-8-4-5-12(9-16)18-2/h11-12H,3-10,15H2,1-2H3. The van der Waals surface area contributed by atoms with Crippen LogP contribution in [0.5, 0.6) is 0 Å². The zero-order chi connectivity index (χ0) is 13.9. The number of hydrogen-bond donors (Lipinski definition) is 1. The number of carbonyl (C=O) groups is 1. The number of hydrogen-bond acceptors (Lipinski definition) is 5. The van der Waals surface area contributed by atoms with Gasteiger partial charge in [0, 0.05) is 20.2 Å². The van der Waals surface area contributed by atoms with Crippen molar-refractivity contribution in [1.29, 1.82) is 0 Å². The molecular weight excluding hydrogens is 244 g/mol. The molecule has 1 aliphatic carbocycles. The molecule has 0 aromatic carbocycles. The molecule has 0 spiro atoms. The lowest BCUT2D eigenvalue weighted by Crippen LogP contribution is -2.60. The van der Waals surface area contributed by atoms with Gasteiger partial charge in [-0.05, 0) is 45.1 Å². The highest BCUT2D eigenvalue weighted by atomic mass is 16.5. The molecule has 0 radical (unpaired) electrons. The van der Waals surface area contributed by atoms with E-state index < -0.39 is 5.54 Å². The molecule has 1 aliphatic heterocycles. The first-order valence-electron chi connectivity index (χ1n) is 7.31. The summed E-state index contributed by atoms with van der Waals surface area (Å²) >= 11 is 0. The fourth-order valence-corrected chi connectivity index (χ4v) is 2.94. The van der Waals surface area contributed by atoms with Crippen molar-refractivity contribution in [2.24, 2.45) is 11.7 Å². The predicted molar refractivity (Wildman–Crippen MR) is 72.7 cm³/mol. The van der Waals surface area contributed by atoms with Gasteiger partial charge in [0.25, 0.3) is 0 Å². The third kappa shape index (κ3) is 3.46. The minimum Gasteiger partial charge on any atom is -0.465 e. The molecule has 0 amide bonds. The third-order valence-corrected chi connectivity index (χ3v) is 4.24.